The van der Waals surface area contributed by atoms with Crippen molar-refractivity contribution in [3.05, 3.63) is 70.5 Å². The third kappa shape index (κ3) is 2.47. The number of benzene rings is 2. The van der Waals surface area contributed by atoms with Crippen LogP contribution in [-0.4, -0.2) is 9.97 Å². The number of aromatic nitrogens is 2. The average molecular weight is 251 g/mol. The lowest BCUT2D eigenvalue weighted by atomic mass is 10.2. The number of para-hydroxylation sites is 1. The molecule has 0 aliphatic rings. The van der Waals surface area contributed by atoms with Gasteiger partial charge in [0.25, 0.3) is 5.56 Å². The van der Waals surface area contributed by atoms with Gasteiger partial charge in [-0.15, -0.1) is 0 Å². The lowest BCUT2D eigenvalue weighted by molar-refractivity contribution is 1.06. The number of anilines is 1. The van der Waals surface area contributed by atoms with Gasteiger partial charge in [0, 0.05) is 6.54 Å². The second kappa shape index (κ2) is 4.94. The minimum atomic E-state index is -0.124. The quantitative estimate of drug-likeness (QED) is 0.752. The summed E-state index contributed by atoms with van der Waals surface area (Å²) in [5.41, 5.74) is 1.71. The van der Waals surface area contributed by atoms with E-state index in [1.807, 2.05) is 48.5 Å². The van der Waals surface area contributed by atoms with Crippen LogP contribution in [0.3, 0.4) is 0 Å². The van der Waals surface area contributed by atoms with E-state index in [4.69, 9.17) is 0 Å². The van der Waals surface area contributed by atoms with E-state index in [0.717, 1.165) is 5.56 Å². The molecular weight excluding hydrogens is 238 g/mol. The first-order valence-electron chi connectivity index (χ1n) is 6.10. The second-order valence-electron chi connectivity index (χ2n) is 4.27. The summed E-state index contributed by atoms with van der Waals surface area (Å²) in [5, 5.41) is 3.73. The first-order valence-corrected chi connectivity index (χ1v) is 6.10. The topological polar surface area (TPSA) is 57.8 Å². The highest BCUT2D eigenvalue weighted by molar-refractivity contribution is 5.78. The third-order valence-electron chi connectivity index (χ3n) is 2.92. The first-order chi connectivity index (χ1) is 9.33. The standard InChI is InChI=1S/C15H13N3O/c19-14-12-8-4-5-9-13(12)17-15(18-14)16-10-11-6-2-1-3-7-11/h1-9H,10H2,(H2,16,17,18,19). The van der Waals surface area contributed by atoms with Crippen LogP contribution in [0, 0.1) is 0 Å². The van der Waals surface area contributed by atoms with Crippen LogP contribution >= 0.6 is 0 Å². The van der Waals surface area contributed by atoms with E-state index in [9.17, 15) is 4.79 Å². The predicted molar refractivity (Wildman–Crippen MR) is 76.1 cm³/mol. The molecule has 0 saturated carbocycles. The highest BCUT2D eigenvalue weighted by Gasteiger charge is 2.02. The van der Waals surface area contributed by atoms with Crippen LogP contribution in [0.1, 0.15) is 5.56 Å². The van der Waals surface area contributed by atoms with Gasteiger partial charge in [0.05, 0.1) is 10.9 Å². The van der Waals surface area contributed by atoms with Crippen molar-refractivity contribution >= 4 is 16.9 Å². The average Bonchev–Trinajstić information content (AvgIpc) is 2.46. The minimum absolute atomic E-state index is 0.124. The van der Waals surface area contributed by atoms with Gasteiger partial charge in [0.1, 0.15) is 0 Å². The summed E-state index contributed by atoms with van der Waals surface area (Å²) in [6.07, 6.45) is 0. The maximum Gasteiger partial charge on any atom is 0.260 e. The fourth-order valence-electron chi connectivity index (χ4n) is 1.95. The van der Waals surface area contributed by atoms with Crippen LogP contribution in [0.5, 0.6) is 0 Å². The molecule has 0 aliphatic heterocycles. The summed E-state index contributed by atoms with van der Waals surface area (Å²) < 4.78 is 0. The van der Waals surface area contributed by atoms with Crippen molar-refractivity contribution in [2.45, 2.75) is 6.54 Å². The molecular formula is C15H13N3O. The smallest absolute Gasteiger partial charge is 0.260 e. The van der Waals surface area contributed by atoms with Crippen molar-refractivity contribution in [2.24, 2.45) is 0 Å². The summed E-state index contributed by atoms with van der Waals surface area (Å²) in [6, 6.07) is 17.3. The number of rotatable bonds is 3. The minimum Gasteiger partial charge on any atom is -0.352 e. The van der Waals surface area contributed by atoms with Gasteiger partial charge in [-0.3, -0.25) is 9.78 Å². The van der Waals surface area contributed by atoms with Crippen molar-refractivity contribution in [3.63, 3.8) is 0 Å². The van der Waals surface area contributed by atoms with Crippen molar-refractivity contribution in [1.29, 1.82) is 0 Å². The molecule has 0 saturated heterocycles. The van der Waals surface area contributed by atoms with Crippen LogP contribution in [0.2, 0.25) is 0 Å². The highest BCUT2D eigenvalue weighted by Crippen LogP contribution is 2.08. The molecule has 0 radical (unpaired) electrons. The summed E-state index contributed by atoms with van der Waals surface area (Å²) in [7, 11) is 0. The van der Waals surface area contributed by atoms with E-state index in [-0.39, 0.29) is 5.56 Å². The number of nitrogens with zero attached hydrogens (tertiary/aromatic N) is 1. The Morgan fingerprint density at radius 2 is 1.74 bits per heavy atom. The number of fused-ring (bicyclic) bond motifs is 1. The Balaban J connectivity index is 1.88. The fourth-order valence-corrected chi connectivity index (χ4v) is 1.95. The maximum absolute atomic E-state index is 11.9. The van der Waals surface area contributed by atoms with E-state index in [1.165, 1.54) is 0 Å². The Morgan fingerprint density at radius 3 is 2.58 bits per heavy atom. The highest BCUT2D eigenvalue weighted by atomic mass is 16.1. The summed E-state index contributed by atoms with van der Waals surface area (Å²) in [6.45, 7) is 0.627. The largest absolute Gasteiger partial charge is 0.352 e. The van der Waals surface area contributed by atoms with Crippen molar-refractivity contribution < 1.29 is 0 Å². The monoisotopic (exact) mass is 251 g/mol. The molecule has 0 atom stereocenters. The number of nitrogens with one attached hydrogen (secondary N) is 2. The van der Waals surface area contributed by atoms with Gasteiger partial charge in [-0.05, 0) is 17.7 Å². The van der Waals surface area contributed by atoms with E-state index in [2.05, 4.69) is 15.3 Å². The number of hydrogen-bond donors (Lipinski definition) is 2. The van der Waals surface area contributed by atoms with Gasteiger partial charge in [0.15, 0.2) is 0 Å². The second-order valence-corrected chi connectivity index (χ2v) is 4.27. The van der Waals surface area contributed by atoms with E-state index in [1.54, 1.807) is 6.07 Å². The lowest BCUT2D eigenvalue weighted by Crippen LogP contribution is -2.13. The summed E-state index contributed by atoms with van der Waals surface area (Å²) in [5.74, 6) is 0.493. The molecule has 2 N–H and O–H groups in total. The Bertz CT molecular complexity index is 750. The van der Waals surface area contributed by atoms with Crippen LogP contribution in [0.25, 0.3) is 10.9 Å². The molecule has 4 heteroatoms. The zero-order valence-electron chi connectivity index (χ0n) is 10.3. The van der Waals surface area contributed by atoms with Gasteiger partial charge >= 0.3 is 0 Å². The van der Waals surface area contributed by atoms with E-state index in [0.29, 0.717) is 23.4 Å². The molecule has 2 aromatic carbocycles. The van der Waals surface area contributed by atoms with Crippen LogP contribution in [0.15, 0.2) is 59.4 Å². The molecule has 94 valence electrons. The summed E-state index contributed by atoms with van der Waals surface area (Å²) in [4.78, 5) is 19.0. The van der Waals surface area contributed by atoms with Crippen LogP contribution in [-0.2, 0) is 6.54 Å². The van der Waals surface area contributed by atoms with Gasteiger partial charge in [-0.2, -0.15) is 0 Å². The predicted octanol–water partition coefficient (Wildman–Crippen LogP) is 2.54. The van der Waals surface area contributed by atoms with Gasteiger partial charge in [-0.1, -0.05) is 42.5 Å². The Hall–Kier alpha value is -2.62. The fraction of sp³-hybridized carbons (Fsp3) is 0.0667. The molecule has 0 aliphatic carbocycles. The van der Waals surface area contributed by atoms with E-state index < -0.39 is 0 Å². The Kier molecular flexibility index (Phi) is 2.98. The number of aromatic amines is 1. The van der Waals surface area contributed by atoms with Gasteiger partial charge in [-0.25, -0.2) is 4.98 Å². The molecule has 1 heterocycles. The van der Waals surface area contributed by atoms with Gasteiger partial charge in [0.2, 0.25) is 5.95 Å². The van der Waals surface area contributed by atoms with E-state index >= 15 is 0 Å². The van der Waals surface area contributed by atoms with Crippen molar-refractivity contribution in [3.8, 4) is 0 Å². The molecule has 3 rings (SSSR count). The molecule has 0 unspecified atom stereocenters. The zero-order valence-corrected chi connectivity index (χ0v) is 10.3. The molecule has 0 bridgehead atoms. The van der Waals surface area contributed by atoms with Crippen molar-refractivity contribution in [1.82, 2.24) is 9.97 Å². The molecule has 4 nitrogen and oxygen atoms in total. The molecule has 1 aromatic heterocycles. The summed E-state index contributed by atoms with van der Waals surface area (Å²) >= 11 is 0. The normalized spacial score (nSPS) is 10.5. The van der Waals surface area contributed by atoms with Crippen LogP contribution in [0.4, 0.5) is 5.95 Å². The Morgan fingerprint density at radius 1 is 1.00 bits per heavy atom. The molecule has 19 heavy (non-hydrogen) atoms. The maximum atomic E-state index is 11.9. The molecule has 0 fully saturated rings. The SMILES string of the molecule is O=c1[nH]c(NCc2ccccc2)nc2ccccc12. The first kappa shape index (κ1) is 11.5. The zero-order chi connectivity index (χ0) is 13.1. The number of H-pyrrole nitrogens is 1. The molecule has 3 aromatic rings. The van der Waals surface area contributed by atoms with Crippen LogP contribution < -0.4 is 10.9 Å². The van der Waals surface area contributed by atoms with Gasteiger partial charge < -0.3 is 5.32 Å². The number of hydrogen-bond acceptors (Lipinski definition) is 3. The molecule has 0 spiro atoms. The molecule has 0 amide bonds. The lowest BCUT2D eigenvalue weighted by Gasteiger charge is -2.06. The van der Waals surface area contributed by atoms with Crippen molar-refractivity contribution in [2.75, 3.05) is 5.32 Å². The third-order valence-corrected chi connectivity index (χ3v) is 2.92. The Labute approximate surface area is 110 Å².